The quantitative estimate of drug-likeness (QED) is 0.707. The van der Waals surface area contributed by atoms with E-state index in [2.05, 4.69) is 24.5 Å². The van der Waals surface area contributed by atoms with E-state index in [4.69, 9.17) is 4.74 Å². The van der Waals surface area contributed by atoms with Crippen LogP contribution in [0.1, 0.15) is 20.8 Å². The average Bonchev–Trinajstić information content (AvgIpc) is 2.36. The summed E-state index contributed by atoms with van der Waals surface area (Å²) in [5, 5.41) is 6.26. The van der Waals surface area contributed by atoms with Gasteiger partial charge in [-0.1, -0.05) is 13.8 Å². The van der Waals surface area contributed by atoms with Crippen LogP contribution in [0.4, 0.5) is 0 Å². The van der Waals surface area contributed by atoms with Crippen molar-refractivity contribution in [3.05, 3.63) is 0 Å². The van der Waals surface area contributed by atoms with Crippen molar-refractivity contribution in [1.82, 2.24) is 15.5 Å². The first-order valence-corrected chi connectivity index (χ1v) is 6.81. The Kier molecular flexibility index (Phi) is 6.60. The zero-order valence-corrected chi connectivity index (χ0v) is 12.0. The number of nitrogens with zero attached hydrogens (tertiary/aromatic N) is 1. The molecule has 1 aliphatic heterocycles. The van der Waals surface area contributed by atoms with Crippen LogP contribution in [0.3, 0.4) is 0 Å². The summed E-state index contributed by atoms with van der Waals surface area (Å²) in [6.45, 7) is 10.2. The molecule has 2 N–H and O–H groups in total. The topological polar surface area (TPSA) is 53.6 Å². The van der Waals surface area contributed by atoms with Crippen LogP contribution >= 0.6 is 0 Å². The first-order chi connectivity index (χ1) is 8.50. The smallest absolute Gasteiger partial charge is 0.237 e. The van der Waals surface area contributed by atoms with Crippen LogP contribution in [0.15, 0.2) is 0 Å². The van der Waals surface area contributed by atoms with Gasteiger partial charge in [-0.05, 0) is 19.9 Å². The summed E-state index contributed by atoms with van der Waals surface area (Å²) in [4.78, 5) is 14.0. The Labute approximate surface area is 110 Å². The predicted octanol–water partition coefficient (Wildman–Crippen LogP) is 0.0673. The second-order valence-electron chi connectivity index (χ2n) is 5.45. The molecule has 1 rings (SSSR count). The average molecular weight is 257 g/mol. The normalized spacial score (nSPS) is 22.2. The summed E-state index contributed by atoms with van der Waals surface area (Å²) in [5.41, 5.74) is 0. The second-order valence-corrected chi connectivity index (χ2v) is 5.45. The van der Waals surface area contributed by atoms with Crippen LogP contribution in [0, 0.1) is 5.92 Å². The van der Waals surface area contributed by atoms with Crippen molar-refractivity contribution in [2.24, 2.45) is 5.92 Å². The Morgan fingerprint density at radius 2 is 2.22 bits per heavy atom. The lowest BCUT2D eigenvalue weighted by molar-refractivity contribution is -0.126. The van der Waals surface area contributed by atoms with E-state index in [0.29, 0.717) is 5.92 Å². The molecule has 2 atom stereocenters. The highest BCUT2D eigenvalue weighted by molar-refractivity contribution is 5.81. The van der Waals surface area contributed by atoms with E-state index in [1.54, 1.807) is 0 Å². The van der Waals surface area contributed by atoms with Gasteiger partial charge in [-0.25, -0.2) is 0 Å². The summed E-state index contributed by atoms with van der Waals surface area (Å²) in [5.74, 6) is 0.576. The van der Waals surface area contributed by atoms with Crippen molar-refractivity contribution < 1.29 is 9.53 Å². The Morgan fingerprint density at radius 1 is 1.50 bits per heavy atom. The van der Waals surface area contributed by atoms with E-state index < -0.39 is 0 Å². The Bertz CT molecular complexity index is 253. The van der Waals surface area contributed by atoms with Gasteiger partial charge in [0.1, 0.15) is 0 Å². The molecule has 106 valence electrons. The predicted molar refractivity (Wildman–Crippen MR) is 72.5 cm³/mol. The van der Waals surface area contributed by atoms with Crippen LogP contribution < -0.4 is 10.6 Å². The minimum absolute atomic E-state index is 0.0926. The van der Waals surface area contributed by atoms with Crippen LogP contribution in [0.2, 0.25) is 0 Å². The van der Waals surface area contributed by atoms with E-state index in [1.807, 2.05) is 18.9 Å². The number of carbonyl (C=O) groups is 1. The molecule has 2 unspecified atom stereocenters. The molecule has 1 aliphatic rings. The summed E-state index contributed by atoms with van der Waals surface area (Å²) < 4.78 is 5.64. The van der Waals surface area contributed by atoms with Crippen LogP contribution in [-0.2, 0) is 9.53 Å². The first-order valence-electron chi connectivity index (χ1n) is 6.81. The number of hydrogen-bond acceptors (Lipinski definition) is 4. The van der Waals surface area contributed by atoms with Crippen LogP contribution in [-0.4, -0.2) is 62.8 Å². The molecule has 0 radical (unpaired) electrons. The van der Waals surface area contributed by atoms with Crippen molar-refractivity contribution >= 4 is 5.91 Å². The maximum atomic E-state index is 11.9. The number of hydrogen-bond donors (Lipinski definition) is 2. The van der Waals surface area contributed by atoms with E-state index >= 15 is 0 Å². The van der Waals surface area contributed by atoms with Crippen molar-refractivity contribution in [3.8, 4) is 0 Å². The molecule has 0 aromatic rings. The molecule has 5 heteroatoms. The SMILES string of the molecule is CC(C)CNC(=O)C(C)N(C)CC1CNCCO1. The standard InChI is InChI=1S/C13H27N3O2/c1-10(2)7-15-13(17)11(3)16(4)9-12-8-14-5-6-18-12/h10-12,14H,5-9H2,1-4H3,(H,15,17). The fraction of sp³-hybridized carbons (Fsp3) is 0.923. The number of morpholine rings is 1. The highest BCUT2D eigenvalue weighted by Crippen LogP contribution is 2.03. The fourth-order valence-corrected chi connectivity index (χ4v) is 1.87. The maximum Gasteiger partial charge on any atom is 0.237 e. The third-order valence-electron chi connectivity index (χ3n) is 3.22. The molecule has 0 aliphatic carbocycles. The van der Waals surface area contributed by atoms with E-state index in [1.165, 1.54) is 0 Å². The monoisotopic (exact) mass is 257 g/mol. The molecule has 0 saturated carbocycles. The van der Waals surface area contributed by atoms with E-state index in [9.17, 15) is 4.79 Å². The Morgan fingerprint density at radius 3 is 2.78 bits per heavy atom. The summed E-state index contributed by atoms with van der Waals surface area (Å²) >= 11 is 0. The first kappa shape index (κ1) is 15.4. The molecule has 5 nitrogen and oxygen atoms in total. The zero-order valence-electron chi connectivity index (χ0n) is 12.0. The van der Waals surface area contributed by atoms with Crippen LogP contribution in [0.25, 0.3) is 0 Å². The van der Waals surface area contributed by atoms with Gasteiger partial charge in [0.2, 0.25) is 5.91 Å². The Hall–Kier alpha value is -0.650. The molecular formula is C13H27N3O2. The van der Waals surface area contributed by atoms with Crippen molar-refractivity contribution in [2.75, 3.05) is 39.8 Å². The van der Waals surface area contributed by atoms with E-state index in [-0.39, 0.29) is 18.1 Å². The molecule has 1 amide bonds. The van der Waals surface area contributed by atoms with Gasteiger partial charge in [0.15, 0.2) is 0 Å². The second kappa shape index (κ2) is 7.71. The molecule has 1 saturated heterocycles. The summed E-state index contributed by atoms with van der Waals surface area (Å²) in [7, 11) is 1.97. The van der Waals surface area contributed by atoms with Gasteiger partial charge in [-0.15, -0.1) is 0 Å². The fourth-order valence-electron chi connectivity index (χ4n) is 1.87. The summed E-state index contributed by atoms with van der Waals surface area (Å²) in [6, 6.07) is -0.116. The molecule has 0 spiro atoms. The lowest BCUT2D eigenvalue weighted by Gasteiger charge is -2.30. The van der Waals surface area contributed by atoms with Gasteiger partial charge in [0.25, 0.3) is 0 Å². The number of ether oxygens (including phenoxy) is 1. The van der Waals surface area contributed by atoms with Gasteiger partial charge in [0.05, 0.1) is 18.8 Å². The van der Waals surface area contributed by atoms with Crippen LogP contribution in [0.5, 0.6) is 0 Å². The number of nitrogens with one attached hydrogen (secondary N) is 2. The minimum Gasteiger partial charge on any atom is -0.374 e. The van der Waals surface area contributed by atoms with E-state index in [0.717, 1.165) is 32.8 Å². The van der Waals surface area contributed by atoms with Gasteiger partial charge in [-0.2, -0.15) is 0 Å². The highest BCUT2D eigenvalue weighted by atomic mass is 16.5. The number of carbonyl (C=O) groups excluding carboxylic acids is 1. The summed E-state index contributed by atoms with van der Waals surface area (Å²) in [6.07, 6.45) is 0.184. The number of rotatable bonds is 6. The van der Waals surface area contributed by atoms with Gasteiger partial charge < -0.3 is 15.4 Å². The van der Waals surface area contributed by atoms with Gasteiger partial charge >= 0.3 is 0 Å². The molecule has 0 aromatic heterocycles. The largest absolute Gasteiger partial charge is 0.374 e. The Balaban J connectivity index is 2.30. The van der Waals surface area contributed by atoms with Crippen molar-refractivity contribution in [3.63, 3.8) is 0 Å². The highest BCUT2D eigenvalue weighted by Gasteiger charge is 2.22. The maximum absolute atomic E-state index is 11.9. The third-order valence-corrected chi connectivity index (χ3v) is 3.22. The zero-order chi connectivity index (χ0) is 13.5. The molecule has 0 bridgehead atoms. The molecule has 1 fully saturated rings. The molecular weight excluding hydrogens is 230 g/mol. The number of amides is 1. The van der Waals surface area contributed by atoms with Gasteiger partial charge in [-0.3, -0.25) is 9.69 Å². The van der Waals surface area contributed by atoms with Crippen molar-refractivity contribution in [1.29, 1.82) is 0 Å². The lowest BCUT2D eigenvalue weighted by atomic mass is 10.2. The lowest BCUT2D eigenvalue weighted by Crippen LogP contribution is -2.50. The van der Waals surface area contributed by atoms with Gasteiger partial charge in [0, 0.05) is 26.2 Å². The molecule has 1 heterocycles. The van der Waals surface area contributed by atoms with Crippen molar-refractivity contribution in [2.45, 2.75) is 32.9 Å². The molecule has 0 aromatic carbocycles. The minimum atomic E-state index is -0.116. The molecule has 18 heavy (non-hydrogen) atoms. The number of likely N-dealkylation sites (N-methyl/N-ethyl adjacent to an activating group) is 1. The third kappa shape index (κ3) is 5.33.